The monoisotopic (exact) mass is 262 g/mol. The maximum absolute atomic E-state index is 13.8. The first-order valence-corrected chi connectivity index (χ1v) is 6.57. The van der Waals surface area contributed by atoms with E-state index < -0.39 is 0 Å². The number of nitrogens with zero attached hydrogens (tertiary/aromatic N) is 2. The summed E-state index contributed by atoms with van der Waals surface area (Å²) in [6.45, 7) is 4.55. The van der Waals surface area contributed by atoms with Crippen LogP contribution in [0.2, 0.25) is 0 Å². The van der Waals surface area contributed by atoms with Gasteiger partial charge in [0.2, 0.25) is 0 Å². The van der Waals surface area contributed by atoms with Crippen molar-refractivity contribution in [2.45, 2.75) is 26.0 Å². The molecular weight excluding hydrogens is 243 g/mol. The average molecular weight is 262 g/mol. The summed E-state index contributed by atoms with van der Waals surface area (Å²) in [6, 6.07) is 6.62. The molecule has 0 aromatic heterocycles. The van der Waals surface area contributed by atoms with E-state index >= 15 is 0 Å². The van der Waals surface area contributed by atoms with Crippen LogP contribution in [0.3, 0.4) is 0 Å². The van der Waals surface area contributed by atoms with Crippen LogP contribution in [-0.2, 0) is 11.3 Å². The molecule has 1 fully saturated rings. The summed E-state index contributed by atoms with van der Waals surface area (Å²) in [5.74, 6) is 0.249. The Morgan fingerprint density at radius 3 is 2.95 bits per heavy atom. The van der Waals surface area contributed by atoms with Gasteiger partial charge in [0.25, 0.3) is 0 Å². The van der Waals surface area contributed by atoms with Gasteiger partial charge in [-0.15, -0.1) is 0 Å². The Morgan fingerprint density at radius 1 is 1.53 bits per heavy atom. The van der Waals surface area contributed by atoms with Crippen molar-refractivity contribution in [3.63, 3.8) is 0 Å². The van der Waals surface area contributed by atoms with E-state index in [0.29, 0.717) is 23.6 Å². The predicted octanol–water partition coefficient (Wildman–Crippen LogP) is 2.55. The largest absolute Gasteiger partial charge is 0.380 e. The van der Waals surface area contributed by atoms with Gasteiger partial charge in [0.05, 0.1) is 17.7 Å². The van der Waals surface area contributed by atoms with Crippen LogP contribution >= 0.6 is 0 Å². The quantitative estimate of drug-likeness (QED) is 0.840. The van der Waals surface area contributed by atoms with E-state index in [2.05, 4.69) is 11.8 Å². The van der Waals surface area contributed by atoms with Gasteiger partial charge in [0, 0.05) is 25.8 Å². The Labute approximate surface area is 113 Å². The van der Waals surface area contributed by atoms with E-state index in [0.717, 1.165) is 19.5 Å². The van der Waals surface area contributed by atoms with Gasteiger partial charge in [0.1, 0.15) is 5.82 Å². The first-order chi connectivity index (χ1) is 9.13. The van der Waals surface area contributed by atoms with Crippen LogP contribution in [0.1, 0.15) is 24.5 Å². The molecule has 0 spiro atoms. The van der Waals surface area contributed by atoms with Gasteiger partial charge in [-0.1, -0.05) is 13.0 Å². The fourth-order valence-electron chi connectivity index (χ4n) is 2.53. The molecule has 1 saturated heterocycles. The molecule has 2 unspecified atom stereocenters. The summed E-state index contributed by atoms with van der Waals surface area (Å²) in [4.78, 5) is 2.21. The van der Waals surface area contributed by atoms with Crippen LogP contribution < -0.4 is 0 Å². The summed E-state index contributed by atoms with van der Waals surface area (Å²) in [7, 11) is 1.73. The number of halogens is 1. The van der Waals surface area contributed by atoms with E-state index in [1.165, 1.54) is 6.07 Å². The molecular formula is C15H19FN2O. The van der Waals surface area contributed by atoms with Gasteiger partial charge >= 0.3 is 0 Å². The molecule has 0 aliphatic carbocycles. The second-order valence-corrected chi connectivity index (χ2v) is 5.19. The molecule has 0 radical (unpaired) electrons. The lowest BCUT2D eigenvalue weighted by molar-refractivity contribution is -0.00772. The number of rotatable bonds is 3. The zero-order chi connectivity index (χ0) is 13.8. The van der Waals surface area contributed by atoms with Crippen LogP contribution in [0.15, 0.2) is 18.2 Å². The van der Waals surface area contributed by atoms with E-state index in [9.17, 15) is 4.39 Å². The maximum atomic E-state index is 13.8. The molecule has 1 aromatic carbocycles. The van der Waals surface area contributed by atoms with Gasteiger partial charge in [-0.3, -0.25) is 4.90 Å². The first-order valence-electron chi connectivity index (χ1n) is 6.57. The zero-order valence-electron chi connectivity index (χ0n) is 11.4. The second-order valence-electron chi connectivity index (χ2n) is 5.19. The smallest absolute Gasteiger partial charge is 0.129 e. The SMILES string of the molecule is COC1CN(Cc2ccc(C#N)cc2F)CCC1C. The van der Waals surface area contributed by atoms with E-state index in [-0.39, 0.29) is 11.9 Å². The number of likely N-dealkylation sites (tertiary alicyclic amines) is 1. The van der Waals surface area contributed by atoms with E-state index in [4.69, 9.17) is 10.00 Å². The molecule has 0 N–H and O–H groups in total. The Kier molecular flexibility index (Phi) is 4.52. The second kappa shape index (κ2) is 6.14. The third-order valence-corrected chi connectivity index (χ3v) is 3.85. The number of ether oxygens (including phenoxy) is 1. The average Bonchev–Trinajstić information content (AvgIpc) is 2.43. The van der Waals surface area contributed by atoms with Crippen molar-refractivity contribution in [1.29, 1.82) is 5.26 Å². The van der Waals surface area contributed by atoms with Crippen molar-refractivity contribution in [2.75, 3.05) is 20.2 Å². The highest BCUT2D eigenvalue weighted by Crippen LogP contribution is 2.22. The van der Waals surface area contributed by atoms with Crippen LogP contribution in [0.4, 0.5) is 4.39 Å². The standard InChI is InChI=1S/C15H19FN2O/c1-11-5-6-18(10-15(11)19-2)9-13-4-3-12(8-17)7-14(13)16/h3-4,7,11,15H,5-6,9-10H2,1-2H3. The van der Waals surface area contributed by atoms with Crippen LogP contribution in [0.25, 0.3) is 0 Å². The molecule has 1 aliphatic rings. The van der Waals surface area contributed by atoms with Gasteiger partial charge in [-0.05, 0) is 31.0 Å². The molecule has 1 aromatic rings. The minimum absolute atomic E-state index is 0.218. The molecule has 4 heteroatoms. The Balaban J connectivity index is 2.04. The molecule has 1 aliphatic heterocycles. The minimum Gasteiger partial charge on any atom is -0.380 e. The number of nitriles is 1. The maximum Gasteiger partial charge on any atom is 0.129 e. The van der Waals surface area contributed by atoms with Crippen molar-refractivity contribution >= 4 is 0 Å². The zero-order valence-corrected chi connectivity index (χ0v) is 11.4. The normalized spacial score (nSPS) is 24.1. The molecule has 102 valence electrons. The van der Waals surface area contributed by atoms with Gasteiger partial charge in [0.15, 0.2) is 0 Å². The highest BCUT2D eigenvalue weighted by molar-refractivity contribution is 5.32. The van der Waals surface area contributed by atoms with E-state index in [1.807, 2.05) is 6.07 Å². The van der Waals surface area contributed by atoms with Crippen molar-refractivity contribution in [3.05, 3.63) is 35.1 Å². The fourth-order valence-corrected chi connectivity index (χ4v) is 2.53. The molecule has 0 amide bonds. The highest BCUT2D eigenvalue weighted by atomic mass is 19.1. The van der Waals surface area contributed by atoms with Crippen molar-refractivity contribution in [3.8, 4) is 6.07 Å². The fraction of sp³-hybridized carbons (Fsp3) is 0.533. The summed E-state index contributed by atoms with van der Waals surface area (Å²) in [5, 5.41) is 8.73. The lowest BCUT2D eigenvalue weighted by Gasteiger charge is -2.36. The number of piperidine rings is 1. The van der Waals surface area contributed by atoms with Crippen LogP contribution in [0.5, 0.6) is 0 Å². The lowest BCUT2D eigenvalue weighted by Crippen LogP contribution is -2.43. The molecule has 0 bridgehead atoms. The minimum atomic E-state index is -0.299. The van der Waals surface area contributed by atoms with Crippen molar-refractivity contribution in [1.82, 2.24) is 4.90 Å². The number of hydrogen-bond acceptors (Lipinski definition) is 3. The molecule has 0 saturated carbocycles. The molecule has 1 heterocycles. The summed E-state index contributed by atoms with van der Waals surface area (Å²) in [6.07, 6.45) is 1.28. The van der Waals surface area contributed by atoms with Gasteiger partial charge in [-0.25, -0.2) is 4.39 Å². The Morgan fingerprint density at radius 2 is 2.32 bits per heavy atom. The van der Waals surface area contributed by atoms with Gasteiger partial charge < -0.3 is 4.74 Å². The first kappa shape index (κ1) is 14.0. The Hall–Kier alpha value is -1.44. The summed E-state index contributed by atoms with van der Waals surface area (Å²) < 4.78 is 19.3. The topological polar surface area (TPSA) is 36.3 Å². The van der Waals surface area contributed by atoms with Crippen molar-refractivity contribution < 1.29 is 9.13 Å². The third kappa shape index (κ3) is 3.31. The number of benzene rings is 1. The van der Waals surface area contributed by atoms with Gasteiger partial charge in [-0.2, -0.15) is 5.26 Å². The third-order valence-electron chi connectivity index (χ3n) is 3.85. The number of hydrogen-bond donors (Lipinski definition) is 0. The molecule has 3 nitrogen and oxygen atoms in total. The highest BCUT2D eigenvalue weighted by Gasteiger charge is 2.26. The van der Waals surface area contributed by atoms with Crippen molar-refractivity contribution in [2.24, 2.45) is 5.92 Å². The summed E-state index contributed by atoms with van der Waals surface area (Å²) in [5.41, 5.74) is 1.01. The molecule has 19 heavy (non-hydrogen) atoms. The summed E-state index contributed by atoms with van der Waals surface area (Å²) >= 11 is 0. The number of methoxy groups -OCH3 is 1. The molecule has 2 atom stereocenters. The predicted molar refractivity (Wildman–Crippen MR) is 71.0 cm³/mol. The van der Waals surface area contributed by atoms with Crippen LogP contribution in [-0.4, -0.2) is 31.2 Å². The Bertz CT molecular complexity index is 484. The molecule has 2 rings (SSSR count). The van der Waals surface area contributed by atoms with Crippen LogP contribution in [0, 0.1) is 23.1 Å². The van der Waals surface area contributed by atoms with E-state index in [1.54, 1.807) is 19.2 Å². The lowest BCUT2D eigenvalue weighted by atomic mass is 9.95.